The zero-order chi connectivity index (χ0) is 20.8. The summed E-state index contributed by atoms with van der Waals surface area (Å²) in [6.07, 6.45) is 7.94. The lowest BCUT2D eigenvalue weighted by Crippen LogP contribution is -2.30. The standard InChI is InChI=1S/C26H29NO3/c28-25(29)18-26(16-6-2-1-3-7-17-26)21-11-14-23(15-12-21)30-19-22-13-10-20-8-4-5-9-24(20)27-22/h4-5,8-15H,1-3,6-7,16-19H2,(H,28,29). The summed E-state index contributed by atoms with van der Waals surface area (Å²) in [6, 6.07) is 20.2. The average molecular weight is 404 g/mol. The van der Waals surface area contributed by atoms with E-state index in [4.69, 9.17) is 4.74 Å². The van der Waals surface area contributed by atoms with Gasteiger partial charge in [-0.15, -0.1) is 0 Å². The summed E-state index contributed by atoms with van der Waals surface area (Å²) in [7, 11) is 0. The molecular formula is C26H29NO3. The molecule has 1 aliphatic carbocycles. The van der Waals surface area contributed by atoms with Crippen LogP contribution in [0, 0.1) is 0 Å². The van der Waals surface area contributed by atoms with Crippen LogP contribution in [0.15, 0.2) is 60.7 Å². The van der Waals surface area contributed by atoms with Gasteiger partial charge in [0.1, 0.15) is 12.4 Å². The summed E-state index contributed by atoms with van der Waals surface area (Å²) in [5.74, 6) is 0.0725. The van der Waals surface area contributed by atoms with Gasteiger partial charge in [-0.1, -0.05) is 68.5 Å². The van der Waals surface area contributed by atoms with Gasteiger partial charge in [-0.3, -0.25) is 4.79 Å². The number of nitrogens with zero attached hydrogens (tertiary/aromatic N) is 1. The third kappa shape index (κ3) is 4.81. The molecule has 0 atom stereocenters. The fourth-order valence-electron chi connectivity index (χ4n) is 4.69. The molecular weight excluding hydrogens is 374 g/mol. The predicted octanol–water partition coefficient (Wildman–Crippen LogP) is 6.27. The molecule has 1 saturated carbocycles. The molecule has 0 amide bonds. The first-order valence-electron chi connectivity index (χ1n) is 10.9. The second kappa shape index (κ2) is 9.29. The maximum absolute atomic E-state index is 11.6. The quantitative estimate of drug-likeness (QED) is 0.527. The zero-order valence-corrected chi connectivity index (χ0v) is 17.3. The van der Waals surface area contributed by atoms with Crippen molar-refractivity contribution in [2.75, 3.05) is 0 Å². The molecule has 1 fully saturated rings. The van der Waals surface area contributed by atoms with Gasteiger partial charge in [-0.05, 0) is 42.7 Å². The monoisotopic (exact) mass is 403 g/mol. The number of carboxylic acids is 1. The molecule has 0 bridgehead atoms. The van der Waals surface area contributed by atoms with E-state index in [2.05, 4.69) is 23.2 Å². The van der Waals surface area contributed by atoms with Crippen LogP contribution in [-0.4, -0.2) is 16.1 Å². The maximum atomic E-state index is 11.6. The van der Waals surface area contributed by atoms with Gasteiger partial charge in [0.2, 0.25) is 0 Å². The van der Waals surface area contributed by atoms with Gasteiger partial charge < -0.3 is 9.84 Å². The molecule has 0 radical (unpaired) electrons. The van der Waals surface area contributed by atoms with Crippen LogP contribution in [0.1, 0.15) is 62.6 Å². The van der Waals surface area contributed by atoms with Crippen LogP contribution >= 0.6 is 0 Å². The third-order valence-corrected chi connectivity index (χ3v) is 6.31. The normalized spacial score (nSPS) is 16.5. The number of carboxylic acid groups (broad SMARTS) is 1. The van der Waals surface area contributed by atoms with Crippen molar-refractivity contribution < 1.29 is 14.6 Å². The van der Waals surface area contributed by atoms with E-state index in [9.17, 15) is 9.90 Å². The molecule has 4 rings (SSSR count). The van der Waals surface area contributed by atoms with Crippen molar-refractivity contribution in [3.8, 4) is 5.75 Å². The van der Waals surface area contributed by atoms with Crippen LogP contribution in [0.4, 0.5) is 0 Å². The van der Waals surface area contributed by atoms with E-state index in [0.29, 0.717) is 6.61 Å². The molecule has 4 heteroatoms. The lowest BCUT2D eigenvalue weighted by atomic mass is 9.69. The number of benzene rings is 2. The highest BCUT2D eigenvalue weighted by Crippen LogP contribution is 2.41. The van der Waals surface area contributed by atoms with E-state index >= 15 is 0 Å². The van der Waals surface area contributed by atoms with Crippen molar-refractivity contribution in [1.82, 2.24) is 4.98 Å². The van der Waals surface area contributed by atoms with Crippen molar-refractivity contribution in [2.45, 2.75) is 63.4 Å². The summed E-state index contributed by atoms with van der Waals surface area (Å²) >= 11 is 0. The largest absolute Gasteiger partial charge is 0.487 e. The van der Waals surface area contributed by atoms with Crippen molar-refractivity contribution in [1.29, 1.82) is 0 Å². The second-order valence-electron chi connectivity index (χ2n) is 8.43. The highest BCUT2D eigenvalue weighted by Gasteiger charge is 2.34. The summed E-state index contributed by atoms with van der Waals surface area (Å²) in [5.41, 5.74) is 2.72. The minimum atomic E-state index is -0.710. The number of hydrogen-bond acceptors (Lipinski definition) is 3. The fourth-order valence-corrected chi connectivity index (χ4v) is 4.69. The Kier molecular flexibility index (Phi) is 6.32. The number of hydrogen-bond donors (Lipinski definition) is 1. The molecule has 0 unspecified atom stereocenters. The van der Waals surface area contributed by atoms with Crippen molar-refractivity contribution in [2.24, 2.45) is 0 Å². The number of pyridine rings is 1. The summed E-state index contributed by atoms with van der Waals surface area (Å²) in [6.45, 7) is 0.407. The Morgan fingerprint density at radius 1 is 0.900 bits per heavy atom. The molecule has 0 saturated heterocycles. The number of ether oxygens (including phenoxy) is 1. The Bertz CT molecular complexity index is 989. The first-order chi connectivity index (χ1) is 14.6. The van der Waals surface area contributed by atoms with Gasteiger partial charge in [-0.25, -0.2) is 4.98 Å². The van der Waals surface area contributed by atoms with Gasteiger partial charge in [0.05, 0.1) is 17.6 Å². The molecule has 1 aromatic heterocycles. The Hall–Kier alpha value is -2.88. The minimum Gasteiger partial charge on any atom is -0.487 e. The Balaban J connectivity index is 1.47. The van der Waals surface area contributed by atoms with Gasteiger partial charge in [0.25, 0.3) is 0 Å². The molecule has 1 aliphatic rings. The van der Waals surface area contributed by atoms with E-state index in [1.54, 1.807) is 0 Å². The van der Waals surface area contributed by atoms with Crippen LogP contribution in [0.5, 0.6) is 5.75 Å². The maximum Gasteiger partial charge on any atom is 0.304 e. The highest BCUT2D eigenvalue weighted by atomic mass is 16.5. The van der Waals surface area contributed by atoms with Crippen molar-refractivity contribution >= 4 is 16.9 Å². The lowest BCUT2D eigenvalue weighted by Gasteiger charge is -2.35. The summed E-state index contributed by atoms with van der Waals surface area (Å²) < 4.78 is 5.96. The second-order valence-corrected chi connectivity index (χ2v) is 8.43. The van der Waals surface area contributed by atoms with Crippen LogP contribution in [-0.2, 0) is 16.8 Å². The van der Waals surface area contributed by atoms with Gasteiger partial charge >= 0.3 is 5.97 Å². The topological polar surface area (TPSA) is 59.4 Å². The van der Waals surface area contributed by atoms with Crippen LogP contribution in [0.25, 0.3) is 10.9 Å². The number of fused-ring (bicyclic) bond motifs is 1. The van der Waals surface area contributed by atoms with E-state index in [1.807, 2.05) is 42.5 Å². The highest BCUT2D eigenvalue weighted by molar-refractivity contribution is 5.78. The first kappa shape index (κ1) is 20.4. The van der Waals surface area contributed by atoms with E-state index < -0.39 is 5.97 Å². The van der Waals surface area contributed by atoms with Crippen LogP contribution in [0.3, 0.4) is 0 Å². The first-order valence-corrected chi connectivity index (χ1v) is 10.9. The van der Waals surface area contributed by atoms with Crippen molar-refractivity contribution in [3.05, 3.63) is 71.9 Å². The van der Waals surface area contributed by atoms with Crippen LogP contribution in [0.2, 0.25) is 0 Å². The van der Waals surface area contributed by atoms with E-state index in [1.165, 1.54) is 19.3 Å². The predicted molar refractivity (Wildman–Crippen MR) is 119 cm³/mol. The molecule has 0 aliphatic heterocycles. The summed E-state index contributed by atoms with van der Waals surface area (Å²) in [4.78, 5) is 16.3. The lowest BCUT2D eigenvalue weighted by molar-refractivity contribution is -0.138. The van der Waals surface area contributed by atoms with Gasteiger partial charge in [-0.2, -0.15) is 0 Å². The molecule has 1 heterocycles. The number of rotatable bonds is 6. The van der Waals surface area contributed by atoms with Crippen LogP contribution < -0.4 is 4.74 Å². The Labute approximate surface area is 177 Å². The number of aromatic nitrogens is 1. The molecule has 4 nitrogen and oxygen atoms in total. The number of para-hydroxylation sites is 1. The molecule has 1 N–H and O–H groups in total. The SMILES string of the molecule is O=C(O)CC1(c2ccc(OCc3ccc4ccccc4n3)cc2)CCCCCCC1. The smallest absolute Gasteiger partial charge is 0.304 e. The van der Waals surface area contributed by atoms with Crippen molar-refractivity contribution in [3.63, 3.8) is 0 Å². The Morgan fingerprint density at radius 2 is 1.60 bits per heavy atom. The van der Waals surface area contributed by atoms with Gasteiger partial charge in [0.15, 0.2) is 0 Å². The molecule has 156 valence electrons. The molecule has 2 aromatic carbocycles. The molecule has 30 heavy (non-hydrogen) atoms. The number of carbonyl (C=O) groups is 1. The Morgan fingerprint density at radius 3 is 2.33 bits per heavy atom. The molecule has 0 spiro atoms. The third-order valence-electron chi connectivity index (χ3n) is 6.31. The van der Waals surface area contributed by atoms with E-state index in [-0.39, 0.29) is 11.8 Å². The minimum absolute atomic E-state index is 0.203. The average Bonchev–Trinajstić information content (AvgIpc) is 2.74. The summed E-state index contributed by atoms with van der Waals surface area (Å²) in [5, 5.41) is 10.7. The molecule has 3 aromatic rings. The zero-order valence-electron chi connectivity index (χ0n) is 17.3. The van der Waals surface area contributed by atoms with Gasteiger partial charge in [0, 0.05) is 10.8 Å². The number of aliphatic carboxylic acids is 1. The fraction of sp³-hybridized carbons (Fsp3) is 0.385. The van der Waals surface area contributed by atoms with E-state index in [0.717, 1.165) is 53.6 Å².